The van der Waals surface area contributed by atoms with Gasteiger partial charge in [0, 0.05) is 11.4 Å². The number of halogens is 1. The molecule has 4 nitrogen and oxygen atoms in total. The van der Waals surface area contributed by atoms with Gasteiger partial charge in [-0.2, -0.15) is 0 Å². The third-order valence-corrected chi connectivity index (χ3v) is 4.15. The zero-order chi connectivity index (χ0) is 13.8. The van der Waals surface area contributed by atoms with Crippen molar-refractivity contribution in [1.29, 1.82) is 0 Å². The summed E-state index contributed by atoms with van der Waals surface area (Å²) in [4.78, 5) is 13.7. The second-order valence-electron chi connectivity index (χ2n) is 4.99. The van der Waals surface area contributed by atoms with Crippen LogP contribution in [-0.2, 0) is 6.42 Å². The van der Waals surface area contributed by atoms with Gasteiger partial charge in [0.2, 0.25) is 0 Å². The number of aryl methyl sites for hydroxylation is 2. The van der Waals surface area contributed by atoms with E-state index in [1.807, 2.05) is 6.92 Å². The van der Waals surface area contributed by atoms with Crippen molar-refractivity contribution in [2.45, 2.75) is 26.7 Å². The normalized spacial score (nSPS) is 10.8. The Hall–Kier alpha value is -0.910. The van der Waals surface area contributed by atoms with Crippen LogP contribution in [0.25, 0.3) is 10.2 Å². The summed E-state index contributed by atoms with van der Waals surface area (Å²) >= 11 is 1.77. The van der Waals surface area contributed by atoms with Gasteiger partial charge in [0.25, 0.3) is 0 Å². The van der Waals surface area contributed by atoms with Gasteiger partial charge >= 0.3 is 0 Å². The minimum absolute atomic E-state index is 0. The third-order valence-electron chi connectivity index (χ3n) is 2.98. The molecule has 0 bridgehead atoms. The smallest absolute Gasteiger partial charge is 0.138 e. The number of hydrogen-bond donors (Lipinski definition) is 1. The molecule has 2 aromatic heterocycles. The van der Waals surface area contributed by atoms with Crippen molar-refractivity contribution >= 4 is 39.8 Å². The summed E-state index contributed by atoms with van der Waals surface area (Å²) in [6, 6.07) is 2.22. The van der Waals surface area contributed by atoms with Crippen LogP contribution in [0.1, 0.15) is 24.0 Å². The number of rotatable bonds is 6. The molecule has 0 aliphatic rings. The van der Waals surface area contributed by atoms with Crippen LogP contribution in [-0.4, -0.2) is 42.1 Å². The highest BCUT2D eigenvalue weighted by molar-refractivity contribution is 7.18. The Labute approximate surface area is 131 Å². The Morgan fingerprint density at radius 2 is 2.05 bits per heavy atom. The number of fused-ring (bicyclic) bond motifs is 1. The molecule has 0 saturated carbocycles. The lowest BCUT2D eigenvalue weighted by Crippen LogP contribution is -2.16. The molecule has 0 saturated heterocycles. The lowest BCUT2D eigenvalue weighted by molar-refractivity contribution is 0.405. The molecule has 0 fully saturated rings. The second kappa shape index (κ2) is 7.76. The van der Waals surface area contributed by atoms with E-state index in [1.54, 1.807) is 11.3 Å². The Morgan fingerprint density at radius 1 is 1.30 bits per heavy atom. The topological polar surface area (TPSA) is 41.0 Å². The molecule has 1 N–H and O–H groups in total. The van der Waals surface area contributed by atoms with Gasteiger partial charge in [0.1, 0.15) is 16.5 Å². The third kappa shape index (κ3) is 4.30. The Bertz CT molecular complexity index is 553. The van der Waals surface area contributed by atoms with E-state index < -0.39 is 0 Å². The quantitative estimate of drug-likeness (QED) is 0.830. The van der Waals surface area contributed by atoms with Crippen LogP contribution in [0.2, 0.25) is 0 Å². The maximum absolute atomic E-state index is 4.54. The molecule has 0 aromatic carbocycles. The maximum atomic E-state index is 4.54. The van der Waals surface area contributed by atoms with Crippen molar-refractivity contribution in [3.63, 3.8) is 0 Å². The predicted molar refractivity (Wildman–Crippen MR) is 90.4 cm³/mol. The van der Waals surface area contributed by atoms with Gasteiger partial charge in [-0.05, 0) is 46.5 Å². The number of aromatic nitrogens is 2. The molecule has 0 amide bonds. The molecule has 0 aliphatic heterocycles. The zero-order valence-electron chi connectivity index (χ0n) is 12.6. The second-order valence-corrected chi connectivity index (χ2v) is 6.10. The van der Waals surface area contributed by atoms with Gasteiger partial charge in [-0.3, -0.25) is 0 Å². The molecule has 0 spiro atoms. The Kier molecular flexibility index (Phi) is 6.65. The summed E-state index contributed by atoms with van der Waals surface area (Å²) in [5.74, 6) is 1.82. The van der Waals surface area contributed by atoms with Crippen LogP contribution >= 0.6 is 23.7 Å². The number of nitrogens with zero attached hydrogens (tertiary/aromatic N) is 3. The van der Waals surface area contributed by atoms with Crippen LogP contribution in [0.3, 0.4) is 0 Å². The zero-order valence-corrected chi connectivity index (χ0v) is 14.2. The molecular weight excluding hydrogens is 292 g/mol. The standard InChI is InChI=1S/C14H22N4S.ClH/c1-5-11-9-12-13(15-7-6-8-18(3)4)16-10(2)17-14(12)19-11;/h9H,5-8H2,1-4H3,(H,15,16,17);1H. The minimum atomic E-state index is 0. The van der Waals surface area contributed by atoms with Crippen LogP contribution in [0.5, 0.6) is 0 Å². The largest absolute Gasteiger partial charge is 0.369 e. The summed E-state index contributed by atoms with van der Waals surface area (Å²) < 4.78 is 0. The number of thiophene rings is 1. The molecule has 6 heteroatoms. The van der Waals surface area contributed by atoms with Gasteiger partial charge in [-0.1, -0.05) is 6.92 Å². The van der Waals surface area contributed by atoms with Crippen LogP contribution in [0.15, 0.2) is 6.07 Å². The molecule has 20 heavy (non-hydrogen) atoms. The van der Waals surface area contributed by atoms with E-state index in [0.717, 1.165) is 47.8 Å². The summed E-state index contributed by atoms with van der Waals surface area (Å²) in [6.07, 6.45) is 2.17. The lowest BCUT2D eigenvalue weighted by atomic mass is 10.3. The van der Waals surface area contributed by atoms with Crippen LogP contribution < -0.4 is 5.32 Å². The van der Waals surface area contributed by atoms with Gasteiger partial charge in [-0.15, -0.1) is 23.7 Å². The summed E-state index contributed by atoms with van der Waals surface area (Å²) in [7, 11) is 4.19. The van der Waals surface area contributed by atoms with E-state index in [4.69, 9.17) is 0 Å². The first-order valence-corrected chi connectivity index (χ1v) is 7.57. The molecule has 2 rings (SSSR count). The molecule has 2 aromatic rings. The Morgan fingerprint density at radius 3 is 2.70 bits per heavy atom. The highest BCUT2D eigenvalue weighted by atomic mass is 35.5. The summed E-state index contributed by atoms with van der Waals surface area (Å²) in [6.45, 7) is 6.16. The van der Waals surface area contributed by atoms with Gasteiger partial charge in [0.05, 0.1) is 5.39 Å². The first-order chi connectivity index (χ1) is 9.10. The van der Waals surface area contributed by atoms with Gasteiger partial charge < -0.3 is 10.2 Å². The van der Waals surface area contributed by atoms with E-state index in [9.17, 15) is 0 Å². The van der Waals surface area contributed by atoms with E-state index in [-0.39, 0.29) is 12.4 Å². The number of nitrogens with one attached hydrogen (secondary N) is 1. The monoisotopic (exact) mass is 314 g/mol. The maximum Gasteiger partial charge on any atom is 0.138 e. The van der Waals surface area contributed by atoms with Crippen molar-refractivity contribution in [3.8, 4) is 0 Å². The van der Waals surface area contributed by atoms with Gasteiger partial charge in [0.15, 0.2) is 0 Å². The first kappa shape index (κ1) is 17.1. The van der Waals surface area contributed by atoms with Gasteiger partial charge in [-0.25, -0.2) is 9.97 Å². The Balaban J connectivity index is 0.00000200. The van der Waals surface area contributed by atoms with E-state index in [1.165, 1.54) is 4.88 Å². The van der Waals surface area contributed by atoms with Crippen molar-refractivity contribution in [2.75, 3.05) is 32.5 Å². The molecule has 0 aliphatic carbocycles. The summed E-state index contributed by atoms with van der Waals surface area (Å²) in [5.41, 5.74) is 0. The fourth-order valence-electron chi connectivity index (χ4n) is 1.99. The molecule has 112 valence electrons. The highest BCUT2D eigenvalue weighted by Crippen LogP contribution is 2.29. The minimum Gasteiger partial charge on any atom is -0.369 e. The molecule has 0 atom stereocenters. The molecule has 2 heterocycles. The average molecular weight is 315 g/mol. The number of hydrogen-bond acceptors (Lipinski definition) is 5. The highest BCUT2D eigenvalue weighted by Gasteiger charge is 2.09. The fourth-order valence-corrected chi connectivity index (χ4v) is 3.00. The number of anilines is 1. The summed E-state index contributed by atoms with van der Waals surface area (Å²) in [5, 5.41) is 4.61. The van der Waals surface area contributed by atoms with Crippen LogP contribution in [0, 0.1) is 6.92 Å². The van der Waals surface area contributed by atoms with Crippen LogP contribution in [0.4, 0.5) is 5.82 Å². The van der Waals surface area contributed by atoms with Crippen molar-refractivity contribution in [2.24, 2.45) is 0 Å². The fraction of sp³-hybridized carbons (Fsp3) is 0.571. The van der Waals surface area contributed by atoms with Crippen molar-refractivity contribution in [1.82, 2.24) is 14.9 Å². The molecule has 0 radical (unpaired) electrons. The van der Waals surface area contributed by atoms with Crippen molar-refractivity contribution in [3.05, 3.63) is 16.8 Å². The molecular formula is C14H23ClN4S. The van der Waals surface area contributed by atoms with E-state index >= 15 is 0 Å². The van der Waals surface area contributed by atoms with E-state index in [2.05, 4.69) is 47.3 Å². The first-order valence-electron chi connectivity index (χ1n) is 6.75. The average Bonchev–Trinajstić information content (AvgIpc) is 2.77. The van der Waals surface area contributed by atoms with E-state index in [0.29, 0.717) is 0 Å². The predicted octanol–water partition coefficient (Wildman–Crippen LogP) is 3.35. The lowest BCUT2D eigenvalue weighted by Gasteiger charge is -2.11. The van der Waals surface area contributed by atoms with Crippen molar-refractivity contribution < 1.29 is 0 Å². The molecule has 0 unspecified atom stereocenters. The SMILES string of the molecule is CCc1cc2c(NCCCN(C)C)nc(C)nc2s1.Cl.